The number of benzene rings is 3. The zero-order valence-electron chi connectivity index (χ0n) is 18.2. The summed E-state index contributed by atoms with van der Waals surface area (Å²) in [6, 6.07) is 36.0. The average molecular weight is 445 g/mol. The zero-order chi connectivity index (χ0) is 22.4. The minimum atomic E-state index is 0.741. The van der Waals surface area contributed by atoms with Gasteiger partial charge in [-0.05, 0) is 66.1 Å². The third-order valence-corrected chi connectivity index (χ3v) is 6.32. The van der Waals surface area contributed by atoms with Gasteiger partial charge in [0.25, 0.3) is 0 Å². The first-order valence-electron chi connectivity index (χ1n) is 11.0. The molecule has 33 heavy (non-hydrogen) atoms. The van der Waals surface area contributed by atoms with Crippen LogP contribution in [-0.2, 0) is 0 Å². The maximum Gasteiger partial charge on any atom is 0.0795 e. The smallest absolute Gasteiger partial charge is 0.0795 e. The van der Waals surface area contributed by atoms with E-state index in [2.05, 4.69) is 96.3 Å². The molecule has 158 valence electrons. The van der Waals surface area contributed by atoms with Gasteiger partial charge >= 0.3 is 0 Å². The molecule has 0 amide bonds. The van der Waals surface area contributed by atoms with Gasteiger partial charge in [-0.1, -0.05) is 72.3 Å². The fraction of sp³-hybridized carbons (Fsp3) is 0.0333. The number of nitrogens with zero attached hydrogens (tertiary/aromatic N) is 2. The number of hydrogen-bond donors (Lipinski definition) is 0. The van der Waals surface area contributed by atoms with Gasteiger partial charge in [0, 0.05) is 33.2 Å². The first kappa shape index (κ1) is 19.8. The molecule has 0 aliphatic carbocycles. The standard InChI is InChI=1S/C30H21ClN2/c1-20-14-27(30(32-19-20)22-10-6-3-7-11-22)29-18-23(21-8-4-2-5-9-21)16-26-17-24-15-25(31)12-13-28(24)33(26)29/h2-19H,1H3. The van der Waals surface area contributed by atoms with E-state index >= 15 is 0 Å². The second-order valence-corrected chi connectivity index (χ2v) is 8.81. The van der Waals surface area contributed by atoms with Crippen LogP contribution in [0.3, 0.4) is 0 Å². The van der Waals surface area contributed by atoms with Gasteiger partial charge in [-0.25, -0.2) is 0 Å². The van der Waals surface area contributed by atoms with E-state index in [0.29, 0.717) is 0 Å². The molecule has 0 saturated heterocycles. The molecule has 0 atom stereocenters. The Morgan fingerprint density at radius 2 is 1.42 bits per heavy atom. The van der Waals surface area contributed by atoms with Crippen LogP contribution >= 0.6 is 11.6 Å². The number of halogens is 1. The molecule has 0 saturated carbocycles. The third-order valence-electron chi connectivity index (χ3n) is 6.08. The first-order chi connectivity index (χ1) is 16.2. The molecule has 2 nitrogen and oxygen atoms in total. The van der Waals surface area contributed by atoms with Gasteiger partial charge in [0.05, 0.1) is 16.9 Å². The molecular weight excluding hydrogens is 424 g/mol. The fourth-order valence-corrected chi connectivity index (χ4v) is 4.76. The van der Waals surface area contributed by atoms with E-state index in [9.17, 15) is 0 Å². The molecule has 3 heterocycles. The molecule has 0 unspecified atom stereocenters. The Morgan fingerprint density at radius 3 is 2.18 bits per heavy atom. The Labute approximate surface area is 197 Å². The molecule has 0 aliphatic heterocycles. The van der Waals surface area contributed by atoms with Crippen molar-refractivity contribution in [3.63, 3.8) is 0 Å². The van der Waals surface area contributed by atoms with E-state index in [0.717, 1.165) is 49.5 Å². The van der Waals surface area contributed by atoms with Crippen molar-refractivity contribution in [1.82, 2.24) is 9.38 Å². The van der Waals surface area contributed by atoms with Crippen molar-refractivity contribution in [3.8, 4) is 33.6 Å². The molecule has 0 fully saturated rings. The highest BCUT2D eigenvalue weighted by Gasteiger charge is 2.16. The van der Waals surface area contributed by atoms with Crippen LogP contribution in [0.15, 0.2) is 109 Å². The van der Waals surface area contributed by atoms with Crippen molar-refractivity contribution in [1.29, 1.82) is 0 Å². The van der Waals surface area contributed by atoms with E-state index in [1.165, 1.54) is 11.1 Å². The normalized spacial score (nSPS) is 11.3. The van der Waals surface area contributed by atoms with Crippen LogP contribution in [0.4, 0.5) is 0 Å². The van der Waals surface area contributed by atoms with Crippen molar-refractivity contribution in [2.45, 2.75) is 6.92 Å². The predicted molar refractivity (Wildman–Crippen MR) is 139 cm³/mol. The van der Waals surface area contributed by atoms with Crippen LogP contribution < -0.4 is 0 Å². The van der Waals surface area contributed by atoms with E-state index in [4.69, 9.17) is 16.6 Å². The summed E-state index contributed by atoms with van der Waals surface area (Å²) in [7, 11) is 0. The number of aromatic nitrogens is 2. The molecule has 3 aromatic heterocycles. The largest absolute Gasteiger partial charge is 0.309 e. The van der Waals surface area contributed by atoms with Gasteiger partial charge in [-0.3, -0.25) is 4.98 Å². The SMILES string of the molecule is Cc1cnc(-c2ccccc2)c(-c2cc(-c3ccccc3)cc3cc4cc(Cl)ccc4n23)c1. The number of hydrogen-bond acceptors (Lipinski definition) is 1. The Kier molecular flexibility index (Phi) is 4.74. The zero-order valence-corrected chi connectivity index (χ0v) is 18.9. The minimum Gasteiger partial charge on any atom is -0.309 e. The molecule has 6 aromatic rings. The van der Waals surface area contributed by atoms with Crippen molar-refractivity contribution in [2.24, 2.45) is 0 Å². The summed E-state index contributed by atoms with van der Waals surface area (Å²) < 4.78 is 2.32. The molecule has 0 radical (unpaired) electrons. The summed E-state index contributed by atoms with van der Waals surface area (Å²) in [5.41, 5.74) is 10.0. The molecule has 0 N–H and O–H groups in total. The molecule has 0 spiro atoms. The molecular formula is C30H21ClN2. The molecule has 3 aromatic carbocycles. The second kappa shape index (κ2) is 7.91. The van der Waals surface area contributed by atoms with Gasteiger partial charge < -0.3 is 4.40 Å². The Balaban J connectivity index is 1.74. The van der Waals surface area contributed by atoms with Gasteiger partial charge in [0.1, 0.15) is 0 Å². The Morgan fingerprint density at radius 1 is 0.697 bits per heavy atom. The fourth-order valence-electron chi connectivity index (χ4n) is 4.58. The summed E-state index contributed by atoms with van der Waals surface area (Å²) in [6.45, 7) is 2.09. The lowest BCUT2D eigenvalue weighted by Crippen LogP contribution is -1.98. The maximum atomic E-state index is 6.34. The predicted octanol–water partition coefficient (Wildman–Crippen LogP) is 8.45. The highest BCUT2D eigenvalue weighted by atomic mass is 35.5. The number of fused-ring (bicyclic) bond motifs is 3. The number of aryl methyl sites for hydroxylation is 1. The monoisotopic (exact) mass is 444 g/mol. The lowest BCUT2D eigenvalue weighted by molar-refractivity contribution is 1.22. The lowest BCUT2D eigenvalue weighted by atomic mass is 9.98. The van der Waals surface area contributed by atoms with Crippen LogP contribution in [-0.4, -0.2) is 9.38 Å². The minimum absolute atomic E-state index is 0.741. The summed E-state index contributed by atoms with van der Waals surface area (Å²) in [4.78, 5) is 4.88. The van der Waals surface area contributed by atoms with Crippen molar-refractivity contribution in [3.05, 3.63) is 120 Å². The van der Waals surface area contributed by atoms with E-state index in [-0.39, 0.29) is 0 Å². The van der Waals surface area contributed by atoms with Crippen LogP contribution in [0.1, 0.15) is 5.56 Å². The van der Waals surface area contributed by atoms with Gasteiger partial charge in [-0.15, -0.1) is 0 Å². The summed E-state index contributed by atoms with van der Waals surface area (Å²) in [6.07, 6.45) is 1.94. The first-order valence-corrected chi connectivity index (χ1v) is 11.4. The Bertz CT molecular complexity index is 1620. The summed E-state index contributed by atoms with van der Waals surface area (Å²) in [5.74, 6) is 0. The van der Waals surface area contributed by atoms with Crippen molar-refractivity contribution in [2.75, 3.05) is 0 Å². The third kappa shape index (κ3) is 3.49. The summed E-state index contributed by atoms with van der Waals surface area (Å²) >= 11 is 6.34. The molecule has 0 bridgehead atoms. The molecule has 3 heteroatoms. The average Bonchev–Trinajstić information content (AvgIpc) is 3.22. The van der Waals surface area contributed by atoms with Crippen molar-refractivity contribution < 1.29 is 0 Å². The van der Waals surface area contributed by atoms with Crippen LogP contribution in [0.2, 0.25) is 5.02 Å². The summed E-state index contributed by atoms with van der Waals surface area (Å²) in [5, 5.41) is 1.86. The lowest BCUT2D eigenvalue weighted by Gasteiger charge is -2.15. The van der Waals surface area contributed by atoms with E-state index in [1.54, 1.807) is 0 Å². The van der Waals surface area contributed by atoms with E-state index < -0.39 is 0 Å². The van der Waals surface area contributed by atoms with Gasteiger partial charge in [0.2, 0.25) is 0 Å². The highest BCUT2D eigenvalue weighted by molar-refractivity contribution is 6.31. The number of pyridine rings is 2. The van der Waals surface area contributed by atoms with Crippen LogP contribution in [0.25, 0.3) is 50.1 Å². The second-order valence-electron chi connectivity index (χ2n) is 8.38. The van der Waals surface area contributed by atoms with Gasteiger partial charge in [0.15, 0.2) is 0 Å². The van der Waals surface area contributed by atoms with Crippen LogP contribution in [0.5, 0.6) is 0 Å². The van der Waals surface area contributed by atoms with Crippen LogP contribution in [0, 0.1) is 6.92 Å². The van der Waals surface area contributed by atoms with Gasteiger partial charge in [-0.2, -0.15) is 0 Å². The Hall–Kier alpha value is -3.88. The van der Waals surface area contributed by atoms with Crippen molar-refractivity contribution >= 4 is 28.0 Å². The topological polar surface area (TPSA) is 17.3 Å². The highest BCUT2D eigenvalue weighted by Crippen LogP contribution is 2.37. The van der Waals surface area contributed by atoms with E-state index in [1.807, 2.05) is 24.4 Å². The molecule has 6 rings (SSSR count). The quantitative estimate of drug-likeness (QED) is 0.267. The number of rotatable bonds is 3. The molecule has 0 aliphatic rings. The maximum absolute atomic E-state index is 6.34.